The number of allylic oxidation sites excluding steroid dienone is 2. The minimum absolute atomic E-state index is 0.0767. The van der Waals surface area contributed by atoms with E-state index in [-0.39, 0.29) is 23.6 Å². The molecule has 6 aliphatic rings. The minimum Gasteiger partial charge on any atom is -0.466 e. The van der Waals surface area contributed by atoms with Gasteiger partial charge in [-0.25, -0.2) is 0 Å². The first-order valence-electron chi connectivity index (χ1n) is 15.3. The summed E-state index contributed by atoms with van der Waals surface area (Å²) in [5.41, 5.74) is 1.10. The Balaban J connectivity index is 1.21. The Hall–Kier alpha value is -0.870. The third-order valence-corrected chi connectivity index (χ3v) is 13.2. The molecule has 11 atom stereocenters. The lowest BCUT2D eigenvalue weighted by atomic mass is 9.44. The van der Waals surface area contributed by atoms with Crippen LogP contribution in [0.4, 0.5) is 0 Å². The second kappa shape index (κ2) is 8.57. The second-order valence-corrected chi connectivity index (χ2v) is 14.2. The van der Waals surface area contributed by atoms with Gasteiger partial charge in [0, 0.05) is 11.8 Å². The summed E-state index contributed by atoms with van der Waals surface area (Å²) in [7, 11) is 0. The highest BCUT2D eigenvalue weighted by molar-refractivity contribution is 5.72. The number of carbonyl (C=O) groups excluding carboxylic acids is 1. The SMILES string of the molecule is CCOC(=O)C(C)[C@H](C)/C=C/[C@@H](C)[C@H]1CC[C@H]2[C@@H]3CC4(OCCO4)[C@]45C[C@@H]4CC[C@]5(C)[C@H]3CC[C@]12C. The van der Waals surface area contributed by atoms with Gasteiger partial charge >= 0.3 is 5.97 Å². The van der Waals surface area contributed by atoms with Crippen LogP contribution >= 0.6 is 0 Å². The molecule has 1 aliphatic heterocycles. The number of esters is 1. The van der Waals surface area contributed by atoms with E-state index in [9.17, 15) is 4.79 Å². The van der Waals surface area contributed by atoms with Crippen molar-refractivity contribution in [3.05, 3.63) is 12.2 Å². The van der Waals surface area contributed by atoms with Gasteiger partial charge in [-0.2, -0.15) is 0 Å². The Bertz CT molecular complexity index is 906. The number of hydrogen-bond acceptors (Lipinski definition) is 4. The van der Waals surface area contributed by atoms with Crippen molar-refractivity contribution in [3.63, 3.8) is 0 Å². The third kappa shape index (κ3) is 3.22. The largest absolute Gasteiger partial charge is 0.466 e. The number of ether oxygens (including phenoxy) is 3. The number of rotatable bonds is 6. The molecule has 5 aliphatic carbocycles. The van der Waals surface area contributed by atoms with Crippen LogP contribution in [0.2, 0.25) is 0 Å². The summed E-state index contributed by atoms with van der Waals surface area (Å²) in [5.74, 6) is 4.20. The Morgan fingerprint density at radius 1 is 0.972 bits per heavy atom. The van der Waals surface area contributed by atoms with Crippen LogP contribution in [0, 0.1) is 63.6 Å². The smallest absolute Gasteiger partial charge is 0.309 e. The van der Waals surface area contributed by atoms with Crippen LogP contribution in [-0.2, 0) is 19.0 Å². The first-order chi connectivity index (χ1) is 17.1. The minimum atomic E-state index is -0.287. The van der Waals surface area contributed by atoms with E-state index in [0.29, 0.717) is 34.7 Å². The number of carbonyl (C=O) groups is 1. The third-order valence-electron chi connectivity index (χ3n) is 13.2. The average molecular weight is 499 g/mol. The summed E-state index contributed by atoms with van der Waals surface area (Å²) in [6.45, 7) is 15.8. The first-order valence-corrected chi connectivity index (χ1v) is 15.3. The zero-order valence-corrected chi connectivity index (χ0v) is 23.7. The molecule has 4 heteroatoms. The number of fused-ring (bicyclic) bond motifs is 4. The molecule has 36 heavy (non-hydrogen) atoms. The lowest BCUT2D eigenvalue weighted by Crippen LogP contribution is -2.62. The van der Waals surface area contributed by atoms with Crippen molar-refractivity contribution in [1.82, 2.24) is 0 Å². The maximum atomic E-state index is 12.2. The highest BCUT2D eigenvalue weighted by Gasteiger charge is 2.83. The Labute approximate surface area is 219 Å². The predicted octanol–water partition coefficient (Wildman–Crippen LogP) is 7.03. The second-order valence-electron chi connectivity index (χ2n) is 14.2. The van der Waals surface area contributed by atoms with E-state index in [2.05, 4.69) is 39.8 Å². The molecular formula is C32H50O4. The molecule has 6 rings (SSSR count). The average Bonchev–Trinajstić information content (AvgIpc) is 3.11. The van der Waals surface area contributed by atoms with Crippen molar-refractivity contribution in [1.29, 1.82) is 0 Å². The monoisotopic (exact) mass is 498 g/mol. The van der Waals surface area contributed by atoms with Crippen LogP contribution in [0.5, 0.6) is 0 Å². The molecule has 202 valence electrons. The summed E-state index contributed by atoms with van der Waals surface area (Å²) in [4.78, 5) is 12.2. The van der Waals surface area contributed by atoms with E-state index in [1.54, 1.807) is 0 Å². The van der Waals surface area contributed by atoms with Gasteiger partial charge in [0.25, 0.3) is 0 Å². The van der Waals surface area contributed by atoms with Gasteiger partial charge in [-0.05, 0) is 104 Å². The maximum absolute atomic E-state index is 12.2. The van der Waals surface area contributed by atoms with Crippen LogP contribution in [0.15, 0.2) is 12.2 Å². The van der Waals surface area contributed by atoms with E-state index < -0.39 is 0 Å². The quantitative estimate of drug-likeness (QED) is 0.291. The van der Waals surface area contributed by atoms with Gasteiger partial charge in [0.15, 0.2) is 5.79 Å². The van der Waals surface area contributed by atoms with E-state index in [1.807, 2.05) is 13.8 Å². The van der Waals surface area contributed by atoms with Gasteiger partial charge in [0.05, 0.1) is 25.7 Å². The van der Waals surface area contributed by atoms with Gasteiger partial charge in [0.1, 0.15) is 0 Å². The fourth-order valence-electron chi connectivity index (χ4n) is 11.2. The van der Waals surface area contributed by atoms with E-state index >= 15 is 0 Å². The molecule has 0 bridgehead atoms. The maximum Gasteiger partial charge on any atom is 0.309 e. The molecule has 0 aromatic rings. The molecule has 0 N–H and O–H groups in total. The van der Waals surface area contributed by atoms with Crippen molar-refractivity contribution < 1.29 is 19.0 Å². The molecule has 1 unspecified atom stereocenters. The van der Waals surface area contributed by atoms with Crippen LogP contribution < -0.4 is 0 Å². The number of hydrogen-bond donors (Lipinski definition) is 0. The van der Waals surface area contributed by atoms with Gasteiger partial charge in [-0.15, -0.1) is 0 Å². The van der Waals surface area contributed by atoms with Crippen molar-refractivity contribution >= 4 is 5.97 Å². The van der Waals surface area contributed by atoms with Gasteiger partial charge in [0.2, 0.25) is 0 Å². The van der Waals surface area contributed by atoms with Crippen molar-refractivity contribution in [3.8, 4) is 0 Å². The summed E-state index contributed by atoms with van der Waals surface area (Å²) in [6.07, 6.45) is 15.5. The lowest BCUT2D eigenvalue weighted by molar-refractivity contribution is -0.294. The summed E-state index contributed by atoms with van der Waals surface area (Å²) in [6, 6.07) is 0. The fourth-order valence-corrected chi connectivity index (χ4v) is 11.2. The fraction of sp³-hybridized carbons (Fsp3) is 0.906. The van der Waals surface area contributed by atoms with Gasteiger partial charge in [-0.3, -0.25) is 4.79 Å². The highest BCUT2D eigenvalue weighted by atomic mass is 16.7. The first kappa shape index (κ1) is 25.4. The summed E-state index contributed by atoms with van der Waals surface area (Å²) < 4.78 is 18.6. The molecule has 6 fully saturated rings. The van der Waals surface area contributed by atoms with E-state index in [0.717, 1.165) is 43.3 Å². The molecular weight excluding hydrogens is 448 g/mol. The van der Waals surface area contributed by atoms with Crippen molar-refractivity contribution in [2.75, 3.05) is 19.8 Å². The zero-order chi connectivity index (χ0) is 25.5. The molecule has 0 aromatic heterocycles. The van der Waals surface area contributed by atoms with Crippen LogP contribution in [0.1, 0.15) is 92.9 Å². The van der Waals surface area contributed by atoms with Crippen LogP contribution in [0.25, 0.3) is 0 Å². The predicted molar refractivity (Wildman–Crippen MR) is 141 cm³/mol. The molecule has 4 nitrogen and oxygen atoms in total. The van der Waals surface area contributed by atoms with Crippen LogP contribution in [0.3, 0.4) is 0 Å². The Morgan fingerprint density at radius 3 is 2.42 bits per heavy atom. The Morgan fingerprint density at radius 2 is 1.72 bits per heavy atom. The van der Waals surface area contributed by atoms with E-state index in [4.69, 9.17) is 14.2 Å². The Kier molecular flexibility index (Phi) is 6.05. The standard InChI is InChI=1S/C32H50O4/c1-7-34-28(33)22(4)20(2)8-9-21(3)25-10-11-26-24-19-32(35-16-17-36-32)31-18-23(31)12-15-30(31,6)27(24)13-14-29(25,26)5/h8-9,20-27H,7,10-19H2,1-6H3/b9-8+/t20-,21-,22?,23+,24+,25-,26+,27+,29-,30-,31-/m1/s1. The molecule has 0 amide bonds. The molecule has 5 saturated carbocycles. The lowest BCUT2D eigenvalue weighted by Gasteiger charge is -2.63. The summed E-state index contributed by atoms with van der Waals surface area (Å²) in [5, 5.41) is 0. The highest BCUT2D eigenvalue weighted by Crippen LogP contribution is 2.85. The molecule has 0 radical (unpaired) electrons. The van der Waals surface area contributed by atoms with E-state index in [1.165, 1.54) is 44.9 Å². The summed E-state index contributed by atoms with van der Waals surface area (Å²) >= 11 is 0. The van der Waals surface area contributed by atoms with Crippen molar-refractivity contribution in [2.45, 2.75) is 98.7 Å². The normalized spacial score (nSPS) is 48.7. The molecule has 0 aromatic carbocycles. The molecule has 1 saturated heterocycles. The van der Waals surface area contributed by atoms with Gasteiger partial charge < -0.3 is 14.2 Å². The van der Waals surface area contributed by atoms with Gasteiger partial charge in [-0.1, -0.05) is 46.8 Å². The van der Waals surface area contributed by atoms with Crippen LogP contribution in [-0.4, -0.2) is 31.6 Å². The molecule has 1 heterocycles. The van der Waals surface area contributed by atoms with Crippen molar-refractivity contribution in [2.24, 2.45) is 63.6 Å². The zero-order valence-electron chi connectivity index (χ0n) is 23.7. The molecule has 2 spiro atoms. The topological polar surface area (TPSA) is 44.8 Å².